The van der Waals surface area contributed by atoms with Gasteiger partial charge in [-0.05, 0) is 29.3 Å². The lowest BCUT2D eigenvalue weighted by atomic mass is 10.0. The smallest absolute Gasteiger partial charge is 0.326 e. The first-order chi connectivity index (χ1) is 20.3. The van der Waals surface area contributed by atoms with Gasteiger partial charge in [-0.1, -0.05) is 30.3 Å². The summed E-state index contributed by atoms with van der Waals surface area (Å²) < 4.78 is 0. The lowest BCUT2D eigenvalue weighted by molar-refractivity contribution is -0.142. The number of aliphatic carboxylic acids is 1. The number of phenolic OH excluding ortho intramolecular Hbond substituents is 1. The zero-order valence-corrected chi connectivity index (χ0v) is 22.9. The van der Waals surface area contributed by atoms with E-state index in [2.05, 4.69) is 20.9 Å². The Morgan fingerprint density at radius 1 is 0.744 bits per heavy atom. The molecule has 3 rings (SSSR count). The van der Waals surface area contributed by atoms with Gasteiger partial charge in [0.15, 0.2) is 0 Å². The topological polar surface area (TPSA) is 273 Å². The Labute approximate surface area is 245 Å². The van der Waals surface area contributed by atoms with Crippen molar-refractivity contribution in [2.45, 2.75) is 49.9 Å². The molecule has 5 amide bonds. The van der Waals surface area contributed by atoms with E-state index in [0.717, 1.165) is 10.9 Å². The van der Waals surface area contributed by atoms with Crippen molar-refractivity contribution in [1.29, 1.82) is 0 Å². The number of amides is 5. The number of nitrogens with one attached hydrogen (secondary N) is 4. The lowest BCUT2D eigenvalue weighted by Crippen LogP contribution is -2.58. The molecule has 1 aromatic heterocycles. The third kappa shape index (κ3) is 9.29. The van der Waals surface area contributed by atoms with Crippen LogP contribution in [0.4, 0.5) is 0 Å². The number of carboxylic acids is 1. The van der Waals surface area contributed by atoms with E-state index in [4.69, 9.17) is 17.2 Å². The first-order valence-electron chi connectivity index (χ1n) is 13.1. The number of rotatable bonds is 15. The molecule has 0 aliphatic rings. The molecule has 0 aliphatic carbocycles. The SMILES string of the molecule is NC(=O)CC(N)C(=O)NC(Cc1ccc(O)cc1)C(=O)NC(CC(N)=O)C(=O)NC(Cc1c[nH]c2ccccc12)C(=O)O. The quantitative estimate of drug-likeness (QED) is 0.0964. The van der Waals surface area contributed by atoms with Crippen LogP contribution in [0.1, 0.15) is 24.0 Å². The summed E-state index contributed by atoms with van der Waals surface area (Å²) in [6, 6.07) is 7.07. The molecule has 43 heavy (non-hydrogen) atoms. The van der Waals surface area contributed by atoms with E-state index in [-0.39, 0.29) is 18.6 Å². The Bertz CT molecular complexity index is 1500. The van der Waals surface area contributed by atoms with Gasteiger partial charge in [0.25, 0.3) is 0 Å². The molecule has 0 spiro atoms. The molecule has 4 unspecified atom stereocenters. The van der Waals surface area contributed by atoms with Gasteiger partial charge in [0.05, 0.1) is 18.9 Å². The highest BCUT2D eigenvalue weighted by molar-refractivity contribution is 5.97. The molecule has 12 N–H and O–H groups in total. The first kappa shape index (κ1) is 32.1. The number of benzene rings is 2. The molecule has 4 atom stereocenters. The van der Waals surface area contributed by atoms with Crippen molar-refractivity contribution in [3.63, 3.8) is 0 Å². The van der Waals surface area contributed by atoms with Gasteiger partial charge in [-0.3, -0.25) is 24.0 Å². The van der Waals surface area contributed by atoms with Crippen LogP contribution in [0.5, 0.6) is 5.75 Å². The Balaban J connectivity index is 1.80. The molecule has 3 aromatic rings. The summed E-state index contributed by atoms with van der Waals surface area (Å²) in [5.41, 5.74) is 18.0. The Kier molecular flexibility index (Phi) is 10.8. The van der Waals surface area contributed by atoms with Gasteiger partial charge in [0.2, 0.25) is 29.5 Å². The molecular weight excluding hydrogens is 562 g/mol. The largest absolute Gasteiger partial charge is 0.508 e. The summed E-state index contributed by atoms with van der Waals surface area (Å²) >= 11 is 0. The molecule has 15 nitrogen and oxygen atoms in total. The number of aromatic hydroxyl groups is 1. The minimum absolute atomic E-state index is 0.0453. The molecule has 0 saturated carbocycles. The van der Waals surface area contributed by atoms with Gasteiger partial charge in [0, 0.05) is 29.9 Å². The normalized spacial score (nSPS) is 13.7. The number of nitrogens with two attached hydrogens (primary N) is 3. The van der Waals surface area contributed by atoms with E-state index in [0.29, 0.717) is 11.1 Å². The van der Waals surface area contributed by atoms with Crippen molar-refractivity contribution >= 4 is 46.4 Å². The average Bonchev–Trinajstić information content (AvgIpc) is 3.35. The fourth-order valence-electron chi connectivity index (χ4n) is 4.34. The van der Waals surface area contributed by atoms with Crippen LogP contribution in [0.15, 0.2) is 54.7 Å². The third-order valence-corrected chi connectivity index (χ3v) is 6.52. The van der Waals surface area contributed by atoms with Gasteiger partial charge >= 0.3 is 5.97 Å². The number of phenols is 1. The van der Waals surface area contributed by atoms with E-state index in [1.807, 2.05) is 0 Å². The van der Waals surface area contributed by atoms with Crippen LogP contribution < -0.4 is 33.2 Å². The van der Waals surface area contributed by atoms with Gasteiger partial charge < -0.3 is 48.3 Å². The standard InChI is InChI=1S/C28H33N7O8/c29-18(11-23(30)37)25(39)33-20(9-14-5-7-16(36)8-6-14)26(40)34-21(12-24(31)38)27(41)35-22(28(42)43)10-15-13-32-19-4-2-1-3-17(15)19/h1-8,13,18,20-22,32,36H,9-12,29H2,(H2,30,37)(H2,31,38)(H,33,39)(H,34,40)(H,35,41)(H,42,43). The summed E-state index contributed by atoms with van der Waals surface area (Å²) in [7, 11) is 0. The molecule has 0 radical (unpaired) electrons. The third-order valence-electron chi connectivity index (χ3n) is 6.52. The predicted octanol–water partition coefficient (Wildman–Crippen LogP) is -1.72. The Morgan fingerprint density at radius 2 is 1.33 bits per heavy atom. The van der Waals surface area contributed by atoms with Crippen molar-refractivity contribution in [2.24, 2.45) is 17.2 Å². The van der Waals surface area contributed by atoms with Crippen LogP contribution >= 0.6 is 0 Å². The summed E-state index contributed by atoms with van der Waals surface area (Å²) in [5.74, 6) is -6.04. The zero-order chi connectivity index (χ0) is 31.7. The molecule has 0 aliphatic heterocycles. The molecule has 0 saturated heterocycles. The van der Waals surface area contributed by atoms with E-state index >= 15 is 0 Å². The minimum Gasteiger partial charge on any atom is -0.508 e. The number of carbonyl (C=O) groups excluding carboxylic acids is 5. The number of aromatic amines is 1. The zero-order valence-electron chi connectivity index (χ0n) is 22.9. The second-order valence-electron chi connectivity index (χ2n) is 9.90. The molecule has 228 valence electrons. The maximum absolute atomic E-state index is 13.4. The number of carboxylic acid groups (broad SMARTS) is 1. The van der Waals surface area contributed by atoms with E-state index in [1.54, 1.807) is 30.5 Å². The minimum atomic E-state index is -1.60. The summed E-state index contributed by atoms with van der Waals surface area (Å²) in [6.07, 6.45) is 0.177. The first-order valence-corrected chi connectivity index (χ1v) is 13.1. The van der Waals surface area contributed by atoms with E-state index < -0.39 is 72.5 Å². The monoisotopic (exact) mass is 595 g/mol. The highest BCUT2D eigenvalue weighted by Gasteiger charge is 2.32. The number of para-hydroxylation sites is 1. The lowest BCUT2D eigenvalue weighted by Gasteiger charge is -2.25. The number of H-pyrrole nitrogens is 1. The number of carbonyl (C=O) groups is 6. The van der Waals surface area contributed by atoms with Crippen LogP contribution in [0.2, 0.25) is 0 Å². The molecule has 0 bridgehead atoms. The Hall–Kier alpha value is -5.44. The molecule has 1 heterocycles. The second-order valence-corrected chi connectivity index (χ2v) is 9.90. The number of fused-ring (bicyclic) bond motifs is 1. The van der Waals surface area contributed by atoms with Crippen LogP contribution in [0, 0.1) is 0 Å². The summed E-state index contributed by atoms with van der Waals surface area (Å²) in [5, 5.41) is 27.2. The van der Waals surface area contributed by atoms with Crippen molar-refractivity contribution < 1.29 is 39.0 Å². The van der Waals surface area contributed by atoms with E-state index in [9.17, 15) is 39.0 Å². The maximum atomic E-state index is 13.4. The van der Waals surface area contributed by atoms with E-state index in [1.165, 1.54) is 24.3 Å². The molecule has 2 aromatic carbocycles. The maximum Gasteiger partial charge on any atom is 0.326 e. The van der Waals surface area contributed by atoms with Crippen LogP contribution in [-0.2, 0) is 41.6 Å². The predicted molar refractivity (Wildman–Crippen MR) is 153 cm³/mol. The fraction of sp³-hybridized carbons (Fsp3) is 0.286. The van der Waals surface area contributed by atoms with Crippen molar-refractivity contribution in [1.82, 2.24) is 20.9 Å². The number of primary amides is 2. The average molecular weight is 596 g/mol. The van der Waals surface area contributed by atoms with Gasteiger partial charge in [0.1, 0.15) is 23.9 Å². The molecular formula is C28H33N7O8. The molecule has 0 fully saturated rings. The van der Waals surface area contributed by atoms with Crippen LogP contribution in [0.3, 0.4) is 0 Å². The number of hydrogen-bond acceptors (Lipinski definition) is 8. The molecule has 15 heteroatoms. The second kappa shape index (κ2) is 14.5. The highest BCUT2D eigenvalue weighted by atomic mass is 16.4. The van der Waals surface area contributed by atoms with Crippen molar-refractivity contribution in [3.05, 3.63) is 65.9 Å². The van der Waals surface area contributed by atoms with Gasteiger partial charge in [-0.25, -0.2) is 4.79 Å². The van der Waals surface area contributed by atoms with Gasteiger partial charge in [-0.15, -0.1) is 0 Å². The highest BCUT2D eigenvalue weighted by Crippen LogP contribution is 2.19. The van der Waals surface area contributed by atoms with Crippen molar-refractivity contribution in [2.75, 3.05) is 0 Å². The van der Waals surface area contributed by atoms with Crippen LogP contribution in [-0.4, -0.2) is 74.9 Å². The van der Waals surface area contributed by atoms with Crippen LogP contribution in [0.25, 0.3) is 10.9 Å². The fourth-order valence-corrected chi connectivity index (χ4v) is 4.34. The number of aromatic nitrogens is 1. The number of hydrogen-bond donors (Lipinski definition) is 9. The van der Waals surface area contributed by atoms with Crippen molar-refractivity contribution in [3.8, 4) is 5.75 Å². The summed E-state index contributed by atoms with van der Waals surface area (Å²) in [4.78, 5) is 77.2. The summed E-state index contributed by atoms with van der Waals surface area (Å²) in [6.45, 7) is 0. The Morgan fingerprint density at radius 3 is 1.95 bits per heavy atom. The van der Waals surface area contributed by atoms with Gasteiger partial charge in [-0.2, -0.15) is 0 Å².